The van der Waals surface area contributed by atoms with Gasteiger partial charge in [-0.2, -0.15) is 0 Å². The number of rotatable bonds is 5. The Bertz CT molecular complexity index is 326. The van der Waals surface area contributed by atoms with Crippen LogP contribution < -0.4 is 0 Å². The van der Waals surface area contributed by atoms with Gasteiger partial charge in [0.1, 0.15) is 0 Å². The first-order valence-corrected chi connectivity index (χ1v) is 5.50. The van der Waals surface area contributed by atoms with Crippen molar-refractivity contribution in [1.82, 2.24) is 0 Å². The Kier molecular flexibility index (Phi) is 4.74. The Labute approximate surface area is 99.7 Å². The minimum Gasteiger partial charge on any atom is -0.466 e. The van der Waals surface area contributed by atoms with Gasteiger partial charge in [-0.3, -0.25) is 4.79 Å². The minimum atomic E-state index is -0.706. The van der Waals surface area contributed by atoms with Crippen LogP contribution in [-0.4, -0.2) is 37.1 Å². The van der Waals surface area contributed by atoms with Crippen molar-refractivity contribution in [2.24, 2.45) is 5.11 Å². The van der Waals surface area contributed by atoms with E-state index in [1.165, 1.54) is 0 Å². The number of carbonyl (C=O) groups excluding carboxylic acids is 1. The molecule has 1 rings (SSSR count). The maximum absolute atomic E-state index is 11.3. The van der Waals surface area contributed by atoms with E-state index in [9.17, 15) is 4.79 Å². The summed E-state index contributed by atoms with van der Waals surface area (Å²) in [5, 5.41) is 3.57. The largest absolute Gasteiger partial charge is 0.466 e. The van der Waals surface area contributed by atoms with Crippen LogP contribution in [0.15, 0.2) is 5.11 Å². The van der Waals surface area contributed by atoms with Crippen LogP contribution in [0.5, 0.6) is 0 Å². The molecular formula is C10H17N3O4. The first-order chi connectivity index (χ1) is 7.98. The summed E-state index contributed by atoms with van der Waals surface area (Å²) in [5.74, 6) is -1.11. The maximum atomic E-state index is 11.3. The van der Waals surface area contributed by atoms with Crippen molar-refractivity contribution in [2.45, 2.75) is 45.1 Å². The van der Waals surface area contributed by atoms with Crippen LogP contribution in [0.1, 0.15) is 27.2 Å². The van der Waals surface area contributed by atoms with E-state index < -0.39 is 23.9 Å². The van der Waals surface area contributed by atoms with Gasteiger partial charge in [0.05, 0.1) is 31.8 Å². The van der Waals surface area contributed by atoms with E-state index in [0.29, 0.717) is 13.2 Å². The summed E-state index contributed by atoms with van der Waals surface area (Å²) >= 11 is 0. The van der Waals surface area contributed by atoms with Crippen molar-refractivity contribution in [3.63, 3.8) is 0 Å². The Hall–Kier alpha value is -1.30. The Balaban J connectivity index is 2.61. The second kappa shape index (κ2) is 5.86. The molecule has 0 amide bonds. The molecule has 1 aliphatic rings. The van der Waals surface area contributed by atoms with E-state index in [1.54, 1.807) is 20.8 Å². The van der Waals surface area contributed by atoms with Crippen LogP contribution in [0.4, 0.5) is 0 Å². The van der Waals surface area contributed by atoms with Gasteiger partial charge in [0, 0.05) is 4.91 Å². The van der Waals surface area contributed by atoms with Crippen molar-refractivity contribution in [2.75, 3.05) is 13.2 Å². The third kappa shape index (κ3) is 4.22. The predicted octanol–water partition coefficient (Wildman–Crippen LogP) is 1.77. The molecule has 17 heavy (non-hydrogen) atoms. The summed E-state index contributed by atoms with van der Waals surface area (Å²) in [5.41, 5.74) is 8.48. The summed E-state index contributed by atoms with van der Waals surface area (Å²) in [4.78, 5) is 14.1. The molecular weight excluding hydrogens is 226 g/mol. The molecule has 1 fully saturated rings. The lowest BCUT2D eigenvalue weighted by molar-refractivity contribution is -0.149. The van der Waals surface area contributed by atoms with Gasteiger partial charge in [-0.1, -0.05) is 5.11 Å². The normalized spacial score (nSPS) is 23.8. The number of esters is 1. The summed E-state index contributed by atoms with van der Waals surface area (Å²) < 4.78 is 15.7. The standard InChI is InChI=1S/C10H17N3O4/c1-4-15-9(14)5-7(12-13-11)8-6-16-10(2,3)17-8/h7-8H,4-6H2,1-3H3/t7?,8-/m0/s1. The van der Waals surface area contributed by atoms with E-state index in [0.717, 1.165) is 0 Å². The summed E-state index contributed by atoms with van der Waals surface area (Å²) in [7, 11) is 0. The molecule has 0 N–H and O–H groups in total. The molecule has 0 bridgehead atoms. The number of ether oxygens (including phenoxy) is 3. The van der Waals surface area contributed by atoms with Crippen molar-refractivity contribution in [3.05, 3.63) is 10.4 Å². The molecule has 0 spiro atoms. The van der Waals surface area contributed by atoms with Crippen LogP contribution in [0.3, 0.4) is 0 Å². The van der Waals surface area contributed by atoms with Gasteiger partial charge in [0.25, 0.3) is 0 Å². The first kappa shape index (κ1) is 13.8. The van der Waals surface area contributed by atoms with E-state index in [2.05, 4.69) is 10.0 Å². The zero-order chi connectivity index (χ0) is 12.9. The topological polar surface area (TPSA) is 93.5 Å². The molecule has 1 saturated heterocycles. The van der Waals surface area contributed by atoms with Gasteiger partial charge < -0.3 is 14.2 Å². The average molecular weight is 243 g/mol. The predicted molar refractivity (Wildman–Crippen MR) is 59.1 cm³/mol. The minimum absolute atomic E-state index is 0.00199. The zero-order valence-corrected chi connectivity index (χ0v) is 10.3. The van der Waals surface area contributed by atoms with E-state index >= 15 is 0 Å². The highest BCUT2D eigenvalue weighted by Gasteiger charge is 2.37. The van der Waals surface area contributed by atoms with E-state index in [4.69, 9.17) is 19.7 Å². The summed E-state index contributed by atoms with van der Waals surface area (Å²) in [6, 6.07) is -0.596. The molecule has 7 nitrogen and oxygen atoms in total. The molecule has 1 aliphatic heterocycles. The average Bonchev–Trinajstić information content (AvgIpc) is 2.58. The van der Waals surface area contributed by atoms with Crippen LogP contribution in [0.2, 0.25) is 0 Å². The molecule has 1 unspecified atom stereocenters. The summed E-state index contributed by atoms with van der Waals surface area (Å²) in [6.07, 6.45) is -0.410. The van der Waals surface area contributed by atoms with Crippen LogP contribution in [-0.2, 0) is 19.0 Å². The van der Waals surface area contributed by atoms with Crippen molar-refractivity contribution in [3.8, 4) is 0 Å². The Morgan fingerprint density at radius 3 is 2.88 bits per heavy atom. The zero-order valence-electron chi connectivity index (χ0n) is 10.3. The van der Waals surface area contributed by atoms with Gasteiger partial charge in [-0.05, 0) is 26.3 Å². The lowest BCUT2D eigenvalue weighted by atomic mass is 10.1. The number of hydrogen-bond donors (Lipinski definition) is 0. The molecule has 0 aromatic heterocycles. The van der Waals surface area contributed by atoms with Crippen molar-refractivity contribution >= 4 is 5.97 Å². The molecule has 0 aliphatic carbocycles. The highest BCUT2D eigenvalue weighted by Crippen LogP contribution is 2.26. The molecule has 1 heterocycles. The quantitative estimate of drug-likeness (QED) is 0.318. The van der Waals surface area contributed by atoms with Crippen LogP contribution >= 0.6 is 0 Å². The second-order valence-electron chi connectivity index (χ2n) is 4.15. The maximum Gasteiger partial charge on any atom is 0.306 e. The van der Waals surface area contributed by atoms with Crippen LogP contribution in [0.25, 0.3) is 10.4 Å². The van der Waals surface area contributed by atoms with Gasteiger partial charge in [-0.15, -0.1) is 0 Å². The fourth-order valence-corrected chi connectivity index (χ4v) is 1.61. The smallest absolute Gasteiger partial charge is 0.306 e. The van der Waals surface area contributed by atoms with Gasteiger partial charge in [0.15, 0.2) is 5.79 Å². The lowest BCUT2D eigenvalue weighted by Crippen LogP contribution is -2.31. The SMILES string of the molecule is CCOC(=O)CC(N=[N+]=[N-])[C@@H]1COC(C)(C)O1. The Morgan fingerprint density at radius 2 is 2.41 bits per heavy atom. The fraction of sp³-hybridized carbons (Fsp3) is 0.900. The van der Waals surface area contributed by atoms with Gasteiger partial charge >= 0.3 is 5.97 Å². The van der Waals surface area contributed by atoms with Crippen molar-refractivity contribution < 1.29 is 19.0 Å². The van der Waals surface area contributed by atoms with E-state index in [-0.39, 0.29) is 6.42 Å². The molecule has 0 aromatic carbocycles. The molecule has 96 valence electrons. The number of carbonyl (C=O) groups is 1. The lowest BCUT2D eigenvalue weighted by Gasteiger charge is -2.20. The molecule has 0 saturated carbocycles. The third-order valence-electron chi connectivity index (χ3n) is 2.34. The van der Waals surface area contributed by atoms with E-state index in [1.807, 2.05) is 0 Å². The summed E-state index contributed by atoms with van der Waals surface area (Å²) in [6.45, 7) is 5.86. The third-order valence-corrected chi connectivity index (χ3v) is 2.34. The van der Waals surface area contributed by atoms with Crippen LogP contribution in [0, 0.1) is 0 Å². The molecule has 7 heteroatoms. The number of nitrogens with zero attached hydrogens (tertiary/aromatic N) is 3. The number of hydrogen-bond acceptors (Lipinski definition) is 5. The van der Waals surface area contributed by atoms with Gasteiger partial charge in [-0.25, -0.2) is 0 Å². The molecule has 0 radical (unpaired) electrons. The second-order valence-corrected chi connectivity index (χ2v) is 4.15. The highest BCUT2D eigenvalue weighted by atomic mass is 16.7. The number of azide groups is 1. The van der Waals surface area contributed by atoms with Gasteiger partial charge in [0.2, 0.25) is 0 Å². The monoisotopic (exact) mass is 243 g/mol. The fourth-order valence-electron chi connectivity index (χ4n) is 1.61. The Morgan fingerprint density at radius 1 is 1.71 bits per heavy atom. The molecule has 0 aromatic rings. The highest BCUT2D eigenvalue weighted by molar-refractivity contribution is 5.70. The first-order valence-electron chi connectivity index (χ1n) is 5.50. The molecule has 2 atom stereocenters. The van der Waals surface area contributed by atoms with Crippen molar-refractivity contribution in [1.29, 1.82) is 0 Å².